The highest BCUT2D eigenvalue weighted by Crippen LogP contribution is 2.28. The molecule has 4 N–H and O–H groups in total. The number of hydrazine groups is 1. The van der Waals surface area contributed by atoms with Gasteiger partial charge in [0.1, 0.15) is 4.90 Å². The van der Waals surface area contributed by atoms with Gasteiger partial charge in [-0.05, 0) is 6.07 Å². The number of nitrogen functional groups attached to an aromatic ring is 1. The number of hydrogen-bond donors (Lipinski definition) is 3. The molecule has 0 aliphatic rings. The maximum Gasteiger partial charge on any atom is 0.270 e. The smallest absolute Gasteiger partial charge is 0.270 e. The van der Waals surface area contributed by atoms with Crippen LogP contribution in [0.4, 0.5) is 11.4 Å². The number of nitrogens with two attached hydrogens (primary N) is 1. The van der Waals surface area contributed by atoms with Crippen molar-refractivity contribution in [2.75, 3.05) is 25.1 Å². The van der Waals surface area contributed by atoms with E-state index in [9.17, 15) is 18.5 Å². The van der Waals surface area contributed by atoms with Gasteiger partial charge in [-0.3, -0.25) is 16.0 Å². The number of rotatable bonds is 7. The van der Waals surface area contributed by atoms with Crippen LogP contribution in [0.3, 0.4) is 0 Å². The minimum Gasteiger partial charge on any atom is -0.395 e. The highest BCUT2D eigenvalue weighted by atomic mass is 32.2. The van der Waals surface area contributed by atoms with Gasteiger partial charge in [-0.2, -0.15) is 4.31 Å². The lowest BCUT2D eigenvalue weighted by Gasteiger charge is -2.20. The summed E-state index contributed by atoms with van der Waals surface area (Å²) in [4.78, 5) is 9.76. The van der Waals surface area contributed by atoms with E-state index in [4.69, 9.17) is 10.9 Å². The van der Waals surface area contributed by atoms with Gasteiger partial charge in [-0.1, -0.05) is 6.92 Å². The van der Waals surface area contributed by atoms with Crippen molar-refractivity contribution in [3.05, 3.63) is 28.3 Å². The Balaban J connectivity index is 3.41. The summed E-state index contributed by atoms with van der Waals surface area (Å²) in [7, 11) is -3.99. The molecule has 0 fully saturated rings. The normalized spacial score (nSPS) is 11.6. The fraction of sp³-hybridized carbons (Fsp3) is 0.400. The van der Waals surface area contributed by atoms with Crippen LogP contribution < -0.4 is 11.3 Å². The topological polar surface area (TPSA) is 139 Å². The first-order valence-electron chi connectivity index (χ1n) is 5.74. The molecule has 0 bridgehead atoms. The molecule has 1 aromatic carbocycles. The molecule has 0 aromatic heterocycles. The van der Waals surface area contributed by atoms with Crippen LogP contribution >= 0.6 is 0 Å². The number of aliphatic hydroxyl groups is 1. The second kappa shape index (κ2) is 6.61. The van der Waals surface area contributed by atoms with E-state index in [0.29, 0.717) is 0 Å². The van der Waals surface area contributed by atoms with Crippen molar-refractivity contribution in [3.63, 3.8) is 0 Å². The molecule has 0 saturated carbocycles. The second-order valence-electron chi connectivity index (χ2n) is 3.80. The second-order valence-corrected chi connectivity index (χ2v) is 5.71. The molecule has 9 nitrogen and oxygen atoms in total. The Morgan fingerprint density at radius 2 is 2.15 bits per heavy atom. The van der Waals surface area contributed by atoms with Crippen LogP contribution in [0.15, 0.2) is 23.1 Å². The summed E-state index contributed by atoms with van der Waals surface area (Å²) >= 11 is 0. The lowest BCUT2D eigenvalue weighted by Crippen LogP contribution is -2.34. The van der Waals surface area contributed by atoms with Crippen LogP contribution in [0.2, 0.25) is 0 Å². The van der Waals surface area contributed by atoms with Crippen molar-refractivity contribution in [1.82, 2.24) is 4.31 Å². The van der Waals surface area contributed by atoms with Crippen molar-refractivity contribution in [3.8, 4) is 0 Å². The molecule has 0 heterocycles. The molecule has 112 valence electrons. The van der Waals surface area contributed by atoms with Gasteiger partial charge in [-0.25, -0.2) is 8.42 Å². The van der Waals surface area contributed by atoms with Crippen LogP contribution in [0.1, 0.15) is 6.92 Å². The summed E-state index contributed by atoms with van der Waals surface area (Å²) in [6.07, 6.45) is 0. The molecule has 0 spiro atoms. The van der Waals surface area contributed by atoms with E-state index >= 15 is 0 Å². The Morgan fingerprint density at radius 1 is 1.50 bits per heavy atom. The number of aliphatic hydroxyl groups excluding tert-OH is 1. The summed E-state index contributed by atoms with van der Waals surface area (Å²) < 4.78 is 25.8. The van der Waals surface area contributed by atoms with E-state index in [1.807, 2.05) is 0 Å². The van der Waals surface area contributed by atoms with Crippen molar-refractivity contribution in [1.29, 1.82) is 0 Å². The lowest BCUT2D eigenvalue weighted by atomic mass is 10.3. The third-order valence-electron chi connectivity index (χ3n) is 2.65. The number of hydrogen-bond acceptors (Lipinski definition) is 7. The first-order chi connectivity index (χ1) is 9.38. The fourth-order valence-corrected chi connectivity index (χ4v) is 3.27. The molecule has 0 aliphatic heterocycles. The number of likely N-dealkylation sites (N-methyl/N-ethyl adjacent to an activating group) is 1. The maximum absolute atomic E-state index is 12.4. The summed E-state index contributed by atoms with van der Waals surface area (Å²) in [5, 5.41) is 19.6. The molecule has 0 unspecified atom stereocenters. The number of nitrogens with one attached hydrogen (secondary N) is 1. The van der Waals surface area contributed by atoms with Gasteiger partial charge in [0.2, 0.25) is 10.0 Å². The van der Waals surface area contributed by atoms with E-state index in [-0.39, 0.29) is 36.0 Å². The minimum absolute atomic E-state index is 0.0481. The summed E-state index contributed by atoms with van der Waals surface area (Å²) in [5.74, 6) is 5.24. The van der Waals surface area contributed by atoms with Gasteiger partial charge in [0, 0.05) is 25.2 Å². The van der Waals surface area contributed by atoms with Crippen LogP contribution in [-0.2, 0) is 10.0 Å². The molecule has 1 aromatic rings. The van der Waals surface area contributed by atoms with Crippen LogP contribution in [-0.4, -0.2) is 42.4 Å². The lowest BCUT2D eigenvalue weighted by molar-refractivity contribution is -0.385. The zero-order valence-electron chi connectivity index (χ0n) is 10.8. The number of anilines is 1. The molecule has 0 radical (unpaired) electrons. The minimum atomic E-state index is -3.99. The predicted molar refractivity (Wildman–Crippen MR) is 72.4 cm³/mol. The number of nitro benzene ring substituents is 1. The number of non-ortho nitro benzene ring substituents is 1. The first-order valence-corrected chi connectivity index (χ1v) is 7.18. The average Bonchev–Trinajstić information content (AvgIpc) is 2.43. The van der Waals surface area contributed by atoms with E-state index in [1.54, 1.807) is 6.92 Å². The molecule has 0 aliphatic carbocycles. The van der Waals surface area contributed by atoms with Gasteiger partial charge in [0.15, 0.2) is 0 Å². The Kier molecular flexibility index (Phi) is 5.39. The third kappa shape index (κ3) is 3.22. The summed E-state index contributed by atoms with van der Waals surface area (Å²) in [5.41, 5.74) is 1.89. The summed E-state index contributed by atoms with van der Waals surface area (Å²) in [6, 6.07) is 3.30. The number of nitrogens with zero attached hydrogens (tertiary/aromatic N) is 2. The SMILES string of the molecule is CCN(CCO)S(=O)(=O)c1cc([N+](=O)[O-])ccc1NN. The molecule has 20 heavy (non-hydrogen) atoms. The zero-order chi connectivity index (χ0) is 15.3. The molecular weight excluding hydrogens is 288 g/mol. The van der Waals surface area contributed by atoms with Crippen molar-refractivity contribution in [2.24, 2.45) is 5.84 Å². The van der Waals surface area contributed by atoms with Gasteiger partial charge >= 0.3 is 0 Å². The van der Waals surface area contributed by atoms with Crippen molar-refractivity contribution in [2.45, 2.75) is 11.8 Å². The van der Waals surface area contributed by atoms with Crippen LogP contribution in [0, 0.1) is 10.1 Å². The average molecular weight is 304 g/mol. The largest absolute Gasteiger partial charge is 0.395 e. The third-order valence-corrected chi connectivity index (χ3v) is 4.67. The van der Waals surface area contributed by atoms with E-state index < -0.39 is 14.9 Å². The first kappa shape index (κ1) is 16.3. The Bertz CT molecular complexity index is 589. The predicted octanol–water partition coefficient (Wildman–Crippen LogP) is -0.117. The number of sulfonamides is 1. The standard InChI is InChI=1S/C10H16N4O5S/c1-2-13(5-6-15)20(18,19)10-7-8(14(16)17)3-4-9(10)12-11/h3-4,7,12,15H,2,5-6,11H2,1H3. The maximum atomic E-state index is 12.4. The fourth-order valence-electron chi connectivity index (χ4n) is 1.66. The van der Waals surface area contributed by atoms with Gasteiger partial charge in [0.25, 0.3) is 5.69 Å². The monoisotopic (exact) mass is 304 g/mol. The van der Waals surface area contributed by atoms with E-state index in [2.05, 4.69) is 5.43 Å². The van der Waals surface area contributed by atoms with Gasteiger partial charge in [0.05, 0.1) is 17.2 Å². The number of benzene rings is 1. The summed E-state index contributed by atoms with van der Waals surface area (Å²) in [6.45, 7) is 1.26. The van der Waals surface area contributed by atoms with Crippen molar-refractivity contribution < 1.29 is 18.4 Å². The molecule has 0 atom stereocenters. The van der Waals surface area contributed by atoms with Gasteiger partial charge in [-0.15, -0.1) is 0 Å². The van der Waals surface area contributed by atoms with Crippen LogP contribution in [0.5, 0.6) is 0 Å². The van der Waals surface area contributed by atoms with Crippen LogP contribution in [0.25, 0.3) is 0 Å². The van der Waals surface area contributed by atoms with Crippen molar-refractivity contribution >= 4 is 21.4 Å². The van der Waals surface area contributed by atoms with Gasteiger partial charge < -0.3 is 10.5 Å². The van der Waals surface area contributed by atoms with E-state index in [1.165, 1.54) is 6.07 Å². The Morgan fingerprint density at radius 3 is 2.60 bits per heavy atom. The van der Waals surface area contributed by atoms with E-state index in [0.717, 1.165) is 16.4 Å². The molecule has 10 heteroatoms. The molecule has 0 amide bonds. The highest BCUT2D eigenvalue weighted by Gasteiger charge is 2.27. The molecular formula is C10H16N4O5S. The highest BCUT2D eigenvalue weighted by molar-refractivity contribution is 7.89. The molecule has 1 rings (SSSR count). The number of nitro groups is 1. The Hall–Kier alpha value is -1.75. The quantitative estimate of drug-likeness (QED) is 0.362. The molecule has 0 saturated heterocycles. The Labute approximate surface area is 116 Å². The zero-order valence-corrected chi connectivity index (χ0v) is 11.6.